The third-order valence-electron chi connectivity index (χ3n) is 7.32. The van der Waals surface area contributed by atoms with Crippen molar-refractivity contribution in [3.63, 3.8) is 0 Å². The van der Waals surface area contributed by atoms with Gasteiger partial charge in [-0.25, -0.2) is 4.98 Å². The van der Waals surface area contributed by atoms with E-state index < -0.39 is 5.41 Å². The van der Waals surface area contributed by atoms with Crippen molar-refractivity contribution in [1.82, 2.24) is 15.0 Å². The maximum Gasteiger partial charge on any atom is 0.124 e. The standard InChI is InChI=1S/C34H22N3O.Pt/c38-32-17-6-3-13-27(32)31-16-8-18-33(37-31)34(24-10-7-9-23(21-24)30-19-20-35-22-36-30)28-14-4-1-11-25(28)26-12-2-5-15-29(26)34;/h1-20,22,38H;/q-1;. The first-order valence-corrected chi connectivity index (χ1v) is 12.5. The van der Waals surface area contributed by atoms with E-state index in [1.165, 1.54) is 11.1 Å². The van der Waals surface area contributed by atoms with Crippen LogP contribution in [0.5, 0.6) is 5.75 Å². The van der Waals surface area contributed by atoms with Gasteiger partial charge in [0, 0.05) is 32.8 Å². The number of hydrogen-bond acceptors (Lipinski definition) is 4. The number of aromatic hydroxyl groups is 1. The topological polar surface area (TPSA) is 58.9 Å². The molecule has 190 valence electrons. The van der Waals surface area contributed by atoms with E-state index in [4.69, 9.17) is 4.98 Å². The van der Waals surface area contributed by atoms with Crippen LogP contribution in [-0.4, -0.2) is 20.1 Å². The molecule has 4 aromatic carbocycles. The number of aromatic nitrogens is 3. The summed E-state index contributed by atoms with van der Waals surface area (Å²) >= 11 is 0. The number of nitrogens with zero attached hydrogens (tertiary/aromatic N) is 3. The minimum absolute atomic E-state index is 0. The Morgan fingerprint density at radius 2 is 1.28 bits per heavy atom. The first-order chi connectivity index (χ1) is 18.8. The van der Waals surface area contributed by atoms with Gasteiger partial charge in [0.05, 0.1) is 16.8 Å². The molecule has 0 aliphatic heterocycles. The average Bonchev–Trinajstić information content (AvgIpc) is 3.29. The van der Waals surface area contributed by atoms with Crippen LogP contribution in [0.15, 0.2) is 128 Å². The molecule has 7 rings (SSSR count). The van der Waals surface area contributed by atoms with Gasteiger partial charge in [0.25, 0.3) is 0 Å². The summed E-state index contributed by atoms with van der Waals surface area (Å²) in [5, 5.41) is 10.6. The van der Waals surface area contributed by atoms with Crippen LogP contribution in [0.4, 0.5) is 0 Å². The fraction of sp³-hybridized carbons (Fsp3) is 0.0294. The molecular weight excluding hydrogens is 661 g/mol. The Balaban J connectivity index is 0.00000277. The summed E-state index contributed by atoms with van der Waals surface area (Å²) in [6.07, 6.45) is 3.30. The van der Waals surface area contributed by atoms with Crippen LogP contribution in [0.3, 0.4) is 0 Å². The van der Waals surface area contributed by atoms with Crippen molar-refractivity contribution < 1.29 is 26.2 Å². The summed E-state index contributed by atoms with van der Waals surface area (Å²) in [6, 6.07) is 42.2. The fourth-order valence-electron chi connectivity index (χ4n) is 5.71. The van der Waals surface area contributed by atoms with Gasteiger partial charge in [-0.1, -0.05) is 72.8 Å². The predicted octanol–water partition coefficient (Wildman–Crippen LogP) is 7.07. The van der Waals surface area contributed by atoms with Crippen LogP contribution in [0.25, 0.3) is 33.6 Å². The molecule has 4 nitrogen and oxygen atoms in total. The number of fused-ring (bicyclic) bond motifs is 3. The van der Waals surface area contributed by atoms with Gasteiger partial charge in [-0.05, 0) is 52.2 Å². The molecule has 0 saturated heterocycles. The van der Waals surface area contributed by atoms with E-state index in [1.807, 2.05) is 42.5 Å². The predicted molar refractivity (Wildman–Crippen MR) is 149 cm³/mol. The SMILES string of the molecule is Oc1ccccc1-c1cccc(C2(c3[c-]c(-c4ccncn4)ccc3)c3ccccc3-c3ccccc32)n1.[Pt]. The Morgan fingerprint density at radius 3 is 1.97 bits per heavy atom. The summed E-state index contributed by atoms with van der Waals surface area (Å²) in [4.78, 5) is 13.8. The largest absolute Gasteiger partial charge is 0.507 e. The Kier molecular flexibility index (Phi) is 6.42. The van der Waals surface area contributed by atoms with Gasteiger partial charge in [0.15, 0.2) is 0 Å². The van der Waals surface area contributed by atoms with E-state index >= 15 is 0 Å². The third-order valence-corrected chi connectivity index (χ3v) is 7.32. The minimum Gasteiger partial charge on any atom is -0.507 e. The molecule has 0 bridgehead atoms. The first kappa shape index (κ1) is 24.9. The Hall–Kier alpha value is -4.40. The Labute approximate surface area is 241 Å². The van der Waals surface area contributed by atoms with Crippen LogP contribution in [0.2, 0.25) is 0 Å². The molecule has 1 aliphatic rings. The van der Waals surface area contributed by atoms with Crippen molar-refractivity contribution in [3.8, 4) is 39.4 Å². The zero-order valence-corrected chi connectivity index (χ0v) is 23.0. The third kappa shape index (κ3) is 3.91. The van der Waals surface area contributed by atoms with E-state index in [0.29, 0.717) is 11.3 Å². The zero-order chi connectivity index (χ0) is 25.5. The molecule has 2 aromatic heterocycles. The van der Waals surface area contributed by atoms with Crippen LogP contribution in [0.1, 0.15) is 22.4 Å². The van der Waals surface area contributed by atoms with Crippen LogP contribution >= 0.6 is 0 Å². The van der Waals surface area contributed by atoms with Crippen LogP contribution < -0.4 is 0 Å². The monoisotopic (exact) mass is 683 g/mol. The quantitative estimate of drug-likeness (QED) is 0.202. The second-order valence-electron chi connectivity index (χ2n) is 9.34. The van der Waals surface area contributed by atoms with Crippen molar-refractivity contribution >= 4 is 0 Å². The zero-order valence-electron chi connectivity index (χ0n) is 20.7. The van der Waals surface area contributed by atoms with Crippen molar-refractivity contribution in [2.75, 3.05) is 0 Å². The summed E-state index contributed by atoms with van der Waals surface area (Å²) < 4.78 is 0. The number of benzene rings is 4. The molecule has 1 aliphatic carbocycles. The molecule has 0 saturated carbocycles. The molecule has 0 radical (unpaired) electrons. The Bertz CT molecular complexity index is 1760. The second-order valence-corrected chi connectivity index (χ2v) is 9.34. The number of phenolic OH excluding ortho intramolecular Hbond substituents is 1. The van der Waals surface area contributed by atoms with Gasteiger partial charge in [-0.15, -0.1) is 35.4 Å². The van der Waals surface area contributed by atoms with Gasteiger partial charge in [0.1, 0.15) is 12.1 Å². The van der Waals surface area contributed by atoms with Crippen LogP contribution in [-0.2, 0) is 26.5 Å². The van der Waals surface area contributed by atoms with Gasteiger partial charge >= 0.3 is 0 Å². The van der Waals surface area contributed by atoms with Crippen molar-refractivity contribution in [3.05, 3.63) is 156 Å². The van der Waals surface area contributed by atoms with Gasteiger partial charge in [-0.2, -0.15) is 0 Å². The maximum absolute atomic E-state index is 10.6. The van der Waals surface area contributed by atoms with Crippen molar-refractivity contribution in [1.29, 1.82) is 0 Å². The van der Waals surface area contributed by atoms with E-state index in [9.17, 15) is 5.11 Å². The van der Waals surface area contributed by atoms with Crippen molar-refractivity contribution in [2.24, 2.45) is 0 Å². The molecule has 0 unspecified atom stereocenters. The summed E-state index contributed by atoms with van der Waals surface area (Å²) in [7, 11) is 0. The summed E-state index contributed by atoms with van der Waals surface area (Å²) in [6.45, 7) is 0. The molecule has 0 atom stereocenters. The molecule has 0 fully saturated rings. The number of pyridine rings is 1. The van der Waals surface area contributed by atoms with Gasteiger partial charge < -0.3 is 5.11 Å². The molecule has 1 N–H and O–H groups in total. The molecule has 0 spiro atoms. The smallest absolute Gasteiger partial charge is 0.124 e. The molecule has 0 amide bonds. The average molecular weight is 684 g/mol. The summed E-state index contributed by atoms with van der Waals surface area (Å²) in [5.74, 6) is 0.204. The van der Waals surface area contributed by atoms with E-state index in [-0.39, 0.29) is 26.8 Å². The van der Waals surface area contributed by atoms with E-state index in [1.54, 1.807) is 18.6 Å². The number of hydrogen-bond donors (Lipinski definition) is 1. The fourth-order valence-corrected chi connectivity index (χ4v) is 5.71. The number of phenols is 1. The van der Waals surface area contributed by atoms with Gasteiger partial charge in [-0.3, -0.25) is 9.97 Å². The number of para-hydroxylation sites is 1. The van der Waals surface area contributed by atoms with Crippen molar-refractivity contribution in [2.45, 2.75) is 5.41 Å². The molecule has 6 aromatic rings. The number of rotatable bonds is 4. The second kappa shape index (κ2) is 10.1. The first-order valence-electron chi connectivity index (χ1n) is 12.5. The van der Waals surface area contributed by atoms with E-state index in [0.717, 1.165) is 33.6 Å². The van der Waals surface area contributed by atoms with Crippen LogP contribution in [0, 0.1) is 6.07 Å². The molecule has 2 heterocycles. The molecular formula is C34H22N3OPt-. The van der Waals surface area contributed by atoms with E-state index in [2.05, 4.69) is 82.8 Å². The normalized spacial score (nSPS) is 12.7. The maximum atomic E-state index is 10.6. The Morgan fingerprint density at radius 1 is 0.615 bits per heavy atom. The summed E-state index contributed by atoms with van der Waals surface area (Å²) in [5.41, 5.74) is 8.92. The molecule has 5 heteroatoms. The van der Waals surface area contributed by atoms with Gasteiger partial charge in [0.2, 0.25) is 0 Å². The molecule has 39 heavy (non-hydrogen) atoms. The minimum atomic E-state index is -0.712.